The molecule has 2 aromatic rings. The SMILES string of the molecule is Cc1cc(NC(=O)N2CCC(c3nnc4n3CCC4)CC2)n(C)n1. The Labute approximate surface area is 140 Å². The number of piperidine rings is 1. The highest BCUT2D eigenvalue weighted by atomic mass is 16.2. The van der Waals surface area contributed by atoms with Crippen LogP contribution in [-0.4, -0.2) is 48.6 Å². The first-order chi connectivity index (χ1) is 11.6. The van der Waals surface area contributed by atoms with Crippen LogP contribution in [0.1, 0.15) is 42.5 Å². The molecule has 1 saturated heterocycles. The summed E-state index contributed by atoms with van der Waals surface area (Å²) in [5.74, 6) is 3.38. The smallest absolute Gasteiger partial charge is 0.322 e. The number of urea groups is 1. The molecule has 0 aliphatic carbocycles. The number of carbonyl (C=O) groups is 1. The molecule has 0 spiro atoms. The molecule has 4 heterocycles. The summed E-state index contributed by atoms with van der Waals surface area (Å²) in [6.45, 7) is 4.45. The predicted molar refractivity (Wildman–Crippen MR) is 88.9 cm³/mol. The summed E-state index contributed by atoms with van der Waals surface area (Å²) < 4.78 is 3.97. The van der Waals surface area contributed by atoms with Crippen molar-refractivity contribution in [3.8, 4) is 0 Å². The number of anilines is 1. The number of aromatic nitrogens is 5. The second kappa shape index (κ2) is 5.92. The van der Waals surface area contributed by atoms with Gasteiger partial charge in [-0.25, -0.2) is 4.79 Å². The first-order valence-electron chi connectivity index (χ1n) is 8.60. The minimum atomic E-state index is -0.0528. The molecule has 1 fully saturated rings. The van der Waals surface area contributed by atoms with Gasteiger partial charge in [0.1, 0.15) is 17.5 Å². The third-order valence-corrected chi connectivity index (χ3v) is 5.02. The Hall–Kier alpha value is -2.38. The van der Waals surface area contributed by atoms with E-state index in [4.69, 9.17) is 0 Å². The predicted octanol–water partition coefficient (Wildman–Crippen LogP) is 1.68. The summed E-state index contributed by atoms with van der Waals surface area (Å²) in [6, 6.07) is 1.83. The zero-order valence-corrected chi connectivity index (χ0v) is 14.2. The molecule has 8 heteroatoms. The third kappa shape index (κ3) is 2.65. The molecular formula is C16H23N7O. The lowest BCUT2D eigenvalue weighted by atomic mass is 9.96. The normalized spacial score (nSPS) is 18.0. The van der Waals surface area contributed by atoms with Crippen molar-refractivity contribution in [3.63, 3.8) is 0 Å². The van der Waals surface area contributed by atoms with Crippen LogP contribution in [0, 0.1) is 6.92 Å². The molecule has 8 nitrogen and oxygen atoms in total. The fraction of sp³-hybridized carbons (Fsp3) is 0.625. The molecule has 0 unspecified atom stereocenters. The molecule has 128 valence electrons. The second-order valence-corrected chi connectivity index (χ2v) is 6.72. The van der Waals surface area contributed by atoms with Gasteiger partial charge in [-0.05, 0) is 26.2 Å². The molecule has 0 bridgehead atoms. The largest absolute Gasteiger partial charge is 0.324 e. The van der Waals surface area contributed by atoms with Gasteiger partial charge < -0.3 is 9.47 Å². The third-order valence-electron chi connectivity index (χ3n) is 5.02. The molecule has 0 saturated carbocycles. The zero-order chi connectivity index (χ0) is 16.7. The van der Waals surface area contributed by atoms with Gasteiger partial charge in [-0.3, -0.25) is 10.00 Å². The van der Waals surface area contributed by atoms with Crippen molar-refractivity contribution in [2.24, 2.45) is 7.05 Å². The lowest BCUT2D eigenvalue weighted by molar-refractivity contribution is 0.192. The molecule has 1 N–H and O–H groups in total. The maximum atomic E-state index is 12.4. The molecule has 0 radical (unpaired) electrons. The molecular weight excluding hydrogens is 306 g/mol. The average Bonchev–Trinajstić information content (AvgIpc) is 3.24. The van der Waals surface area contributed by atoms with Crippen LogP contribution in [0.25, 0.3) is 0 Å². The van der Waals surface area contributed by atoms with Crippen molar-refractivity contribution < 1.29 is 4.79 Å². The number of rotatable bonds is 2. The highest BCUT2D eigenvalue weighted by Crippen LogP contribution is 2.29. The number of hydrogen-bond acceptors (Lipinski definition) is 4. The Balaban J connectivity index is 1.37. The molecule has 4 rings (SSSR count). The van der Waals surface area contributed by atoms with E-state index >= 15 is 0 Å². The summed E-state index contributed by atoms with van der Waals surface area (Å²) in [5, 5.41) is 15.9. The van der Waals surface area contributed by atoms with E-state index in [1.165, 1.54) is 6.42 Å². The van der Waals surface area contributed by atoms with Crippen molar-refractivity contribution in [3.05, 3.63) is 23.4 Å². The fourth-order valence-electron chi connectivity index (χ4n) is 3.73. The van der Waals surface area contributed by atoms with E-state index in [1.54, 1.807) is 4.68 Å². The summed E-state index contributed by atoms with van der Waals surface area (Å²) in [5.41, 5.74) is 0.896. The van der Waals surface area contributed by atoms with Gasteiger partial charge in [0, 0.05) is 45.1 Å². The van der Waals surface area contributed by atoms with Crippen LogP contribution in [0.15, 0.2) is 6.07 Å². The van der Waals surface area contributed by atoms with Crippen LogP contribution < -0.4 is 5.32 Å². The highest BCUT2D eigenvalue weighted by Gasteiger charge is 2.29. The lowest BCUT2D eigenvalue weighted by Crippen LogP contribution is -2.41. The van der Waals surface area contributed by atoms with E-state index in [2.05, 4.69) is 25.2 Å². The molecule has 0 aromatic carbocycles. The van der Waals surface area contributed by atoms with Gasteiger partial charge in [0.15, 0.2) is 0 Å². The van der Waals surface area contributed by atoms with Gasteiger partial charge in [0.05, 0.1) is 5.69 Å². The van der Waals surface area contributed by atoms with Gasteiger partial charge >= 0.3 is 6.03 Å². The van der Waals surface area contributed by atoms with Crippen LogP contribution >= 0.6 is 0 Å². The Morgan fingerprint density at radius 2 is 2.04 bits per heavy atom. The van der Waals surface area contributed by atoms with Gasteiger partial charge in [-0.15, -0.1) is 10.2 Å². The van der Waals surface area contributed by atoms with Gasteiger partial charge in [0.2, 0.25) is 0 Å². The number of likely N-dealkylation sites (tertiary alicyclic amines) is 1. The summed E-state index contributed by atoms with van der Waals surface area (Å²) in [7, 11) is 1.83. The number of amides is 2. The van der Waals surface area contributed by atoms with Gasteiger partial charge in [-0.2, -0.15) is 5.10 Å². The minimum Gasteiger partial charge on any atom is -0.324 e. The molecule has 2 aliphatic heterocycles. The zero-order valence-electron chi connectivity index (χ0n) is 14.2. The molecule has 2 amide bonds. The minimum absolute atomic E-state index is 0.0528. The van der Waals surface area contributed by atoms with Crippen molar-refractivity contribution >= 4 is 11.8 Å². The Bertz CT molecular complexity index is 755. The maximum Gasteiger partial charge on any atom is 0.322 e. The second-order valence-electron chi connectivity index (χ2n) is 6.72. The van der Waals surface area contributed by atoms with Gasteiger partial charge in [0.25, 0.3) is 0 Å². The first kappa shape index (κ1) is 15.2. The number of carbonyl (C=O) groups excluding carboxylic acids is 1. The maximum absolute atomic E-state index is 12.4. The lowest BCUT2D eigenvalue weighted by Gasteiger charge is -2.31. The van der Waals surface area contributed by atoms with E-state index in [-0.39, 0.29) is 6.03 Å². The van der Waals surface area contributed by atoms with Crippen molar-refractivity contribution in [1.29, 1.82) is 0 Å². The Morgan fingerprint density at radius 1 is 1.25 bits per heavy atom. The van der Waals surface area contributed by atoms with Crippen molar-refractivity contribution in [2.45, 2.75) is 45.1 Å². The van der Waals surface area contributed by atoms with Crippen LogP contribution in [0.4, 0.5) is 10.6 Å². The first-order valence-corrected chi connectivity index (χ1v) is 8.60. The van der Waals surface area contributed by atoms with Crippen molar-refractivity contribution in [2.75, 3.05) is 18.4 Å². The Kier molecular flexibility index (Phi) is 3.74. The van der Waals surface area contributed by atoms with Gasteiger partial charge in [-0.1, -0.05) is 0 Å². The number of aryl methyl sites for hydroxylation is 3. The van der Waals surface area contributed by atoms with Crippen LogP contribution in [0.2, 0.25) is 0 Å². The molecule has 0 atom stereocenters. The van der Waals surface area contributed by atoms with E-state index in [1.807, 2.05) is 24.9 Å². The van der Waals surface area contributed by atoms with E-state index in [9.17, 15) is 4.79 Å². The van der Waals surface area contributed by atoms with E-state index in [0.29, 0.717) is 5.92 Å². The average molecular weight is 329 g/mol. The topological polar surface area (TPSA) is 80.9 Å². The summed E-state index contributed by atoms with van der Waals surface area (Å²) in [4.78, 5) is 14.3. The van der Waals surface area contributed by atoms with E-state index < -0.39 is 0 Å². The highest BCUT2D eigenvalue weighted by molar-refractivity contribution is 5.88. The fourth-order valence-corrected chi connectivity index (χ4v) is 3.73. The quantitative estimate of drug-likeness (QED) is 0.909. The van der Waals surface area contributed by atoms with Crippen LogP contribution in [0.5, 0.6) is 0 Å². The number of fused-ring (bicyclic) bond motifs is 1. The molecule has 24 heavy (non-hydrogen) atoms. The number of nitrogens with zero attached hydrogens (tertiary/aromatic N) is 6. The van der Waals surface area contributed by atoms with Crippen LogP contribution in [0.3, 0.4) is 0 Å². The number of nitrogens with one attached hydrogen (secondary N) is 1. The monoisotopic (exact) mass is 329 g/mol. The molecule has 2 aliphatic rings. The van der Waals surface area contributed by atoms with Crippen LogP contribution in [-0.2, 0) is 20.0 Å². The summed E-state index contributed by atoms with van der Waals surface area (Å²) in [6.07, 6.45) is 4.09. The van der Waals surface area contributed by atoms with Crippen molar-refractivity contribution in [1.82, 2.24) is 29.4 Å². The summed E-state index contributed by atoms with van der Waals surface area (Å²) >= 11 is 0. The Morgan fingerprint density at radius 3 is 2.75 bits per heavy atom. The standard InChI is InChI=1S/C16H23N7O/c1-11-10-14(21(2)20-11)17-16(24)22-8-5-12(6-9-22)15-19-18-13-4-3-7-23(13)15/h10,12H,3-9H2,1-2H3,(H,17,24). The number of hydrogen-bond donors (Lipinski definition) is 1. The molecule has 2 aromatic heterocycles. The van der Waals surface area contributed by atoms with E-state index in [0.717, 1.165) is 62.1 Å².